The van der Waals surface area contributed by atoms with Crippen LogP contribution in [0.3, 0.4) is 0 Å². The van der Waals surface area contributed by atoms with E-state index in [1.54, 1.807) is 0 Å². The molecule has 6 nitrogen and oxygen atoms in total. The van der Waals surface area contributed by atoms with Crippen LogP contribution >= 0.6 is 0 Å². The topological polar surface area (TPSA) is 55.9 Å². The van der Waals surface area contributed by atoms with Crippen molar-refractivity contribution >= 4 is 15.7 Å². The number of likely N-dealkylation sites (N-methyl/N-ethyl adjacent to an activating group) is 1. The molecule has 2 aliphatic heterocycles. The van der Waals surface area contributed by atoms with Gasteiger partial charge in [0.1, 0.15) is 5.82 Å². The minimum atomic E-state index is -3.80. The van der Waals surface area contributed by atoms with Gasteiger partial charge >= 0.3 is 0 Å². The van der Waals surface area contributed by atoms with Gasteiger partial charge in [-0.2, -0.15) is 0 Å². The van der Waals surface area contributed by atoms with Crippen molar-refractivity contribution in [3.05, 3.63) is 59.4 Å². The Labute approximate surface area is 184 Å². The molecule has 0 spiro atoms. The van der Waals surface area contributed by atoms with E-state index in [-0.39, 0.29) is 17.5 Å². The minimum Gasteiger partial charge on any atom is -0.374 e. The van der Waals surface area contributed by atoms with Crippen molar-refractivity contribution in [2.24, 2.45) is 0 Å². The molecule has 0 radical (unpaired) electrons. The third-order valence-electron chi connectivity index (χ3n) is 6.39. The Morgan fingerprint density at radius 2 is 1.81 bits per heavy atom. The van der Waals surface area contributed by atoms with Crippen LogP contribution in [-0.4, -0.2) is 71.6 Å². The molecule has 31 heavy (non-hydrogen) atoms. The molecule has 1 atom stereocenters. The second-order valence-corrected chi connectivity index (χ2v) is 10.3. The maximum Gasteiger partial charge on any atom is 0.240 e. The SMILES string of the molecule is CN1CCN([C@H](CNS(=O)(=O)c2cccc(F)c2)c2ccc3c(c2)CCCN3C)CC1. The van der Waals surface area contributed by atoms with Crippen molar-refractivity contribution in [1.29, 1.82) is 0 Å². The van der Waals surface area contributed by atoms with E-state index in [9.17, 15) is 12.8 Å². The lowest BCUT2D eigenvalue weighted by Gasteiger charge is -2.39. The normalized spacial score (nSPS) is 19.3. The fraction of sp³-hybridized carbons (Fsp3) is 0.478. The van der Waals surface area contributed by atoms with Crippen LogP contribution in [0.15, 0.2) is 47.4 Å². The summed E-state index contributed by atoms with van der Waals surface area (Å²) < 4.78 is 41.9. The molecule has 4 rings (SSSR count). The van der Waals surface area contributed by atoms with Crippen LogP contribution in [0, 0.1) is 5.82 Å². The first-order valence-electron chi connectivity index (χ1n) is 10.9. The number of piperazine rings is 1. The molecule has 0 unspecified atom stereocenters. The Morgan fingerprint density at radius 1 is 1.03 bits per heavy atom. The molecule has 2 aliphatic rings. The number of nitrogens with one attached hydrogen (secondary N) is 1. The van der Waals surface area contributed by atoms with E-state index in [4.69, 9.17) is 0 Å². The quantitative estimate of drug-likeness (QED) is 0.739. The third kappa shape index (κ3) is 5.09. The van der Waals surface area contributed by atoms with E-state index in [1.165, 1.54) is 29.4 Å². The van der Waals surface area contributed by atoms with E-state index in [2.05, 4.69) is 51.7 Å². The number of hydrogen-bond acceptors (Lipinski definition) is 5. The monoisotopic (exact) mass is 446 g/mol. The summed E-state index contributed by atoms with van der Waals surface area (Å²) in [7, 11) is 0.422. The second-order valence-electron chi connectivity index (χ2n) is 8.58. The molecule has 2 aromatic carbocycles. The second kappa shape index (κ2) is 9.24. The third-order valence-corrected chi connectivity index (χ3v) is 7.81. The van der Waals surface area contributed by atoms with Gasteiger partial charge in [-0.1, -0.05) is 18.2 Å². The molecular formula is C23H31FN4O2S. The number of benzene rings is 2. The van der Waals surface area contributed by atoms with E-state index in [0.717, 1.165) is 57.2 Å². The van der Waals surface area contributed by atoms with Gasteiger partial charge in [0.2, 0.25) is 10.0 Å². The van der Waals surface area contributed by atoms with Gasteiger partial charge in [0.15, 0.2) is 0 Å². The number of fused-ring (bicyclic) bond motifs is 1. The van der Waals surface area contributed by atoms with Gasteiger partial charge < -0.3 is 9.80 Å². The summed E-state index contributed by atoms with van der Waals surface area (Å²) in [6, 6.07) is 11.6. The number of sulfonamides is 1. The number of hydrogen-bond donors (Lipinski definition) is 1. The van der Waals surface area contributed by atoms with Gasteiger partial charge in [-0.3, -0.25) is 4.90 Å². The molecule has 0 aromatic heterocycles. The summed E-state index contributed by atoms with van der Waals surface area (Å²) in [6.45, 7) is 4.94. The lowest BCUT2D eigenvalue weighted by Crippen LogP contribution is -2.48. The molecule has 0 saturated carbocycles. The van der Waals surface area contributed by atoms with Crippen molar-refractivity contribution < 1.29 is 12.8 Å². The number of nitrogens with zero attached hydrogens (tertiary/aromatic N) is 3. The molecule has 0 bridgehead atoms. The summed E-state index contributed by atoms with van der Waals surface area (Å²) in [5, 5.41) is 0. The zero-order valence-electron chi connectivity index (χ0n) is 18.2. The van der Waals surface area contributed by atoms with Crippen LogP contribution in [0.5, 0.6) is 0 Å². The molecule has 0 amide bonds. The van der Waals surface area contributed by atoms with Gasteiger partial charge in [0.25, 0.3) is 0 Å². The van der Waals surface area contributed by atoms with Crippen LogP contribution < -0.4 is 9.62 Å². The predicted molar refractivity (Wildman–Crippen MR) is 121 cm³/mol. The van der Waals surface area contributed by atoms with Crippen molar-refractivity contribution in [3.63, 3.8) is 0 Å². The van der Waals surface area contributed by atoms with Crippen LogP contribution in [0.2, 0.25) is 0 Å². The molecular weight excluding hydrogens is 415 g/mol. The molecule has 0 aliphatic carbocycles. The van der Waals surface area contributed by atoms with E-state index in [1.807, 2.05) is 0 Å². The first kappa shape index (κ1) is 22.2. The summed E-state index contributed by atoms with van der Waals surface area (Å²) in [4.78, 5) is 6.87. The van der Waals surface area contributed by atoms with Gasteiger partial charge in [-0.25, -0.2) is 17.5 Å². The molecule has 1 fully saturated rings. The zero-order valence-corrected chi connectivity index (χ0v) is 19.0. The van der Waals surface area contributed by atoms with Crippen LogP contribution in [-0.2, 0) is 16.4 Å². The van der Waals surface area contributed by atoms with Crippen LogP contribution in [0.4, 0.5) is 10.1 Å². The molecule has 2 heterocycles. The first-order chi connectivity index (χ1) is 14.8. The zero-order chi connectivity index (χ0) is 22.0. The maximum absolute atomic E-state index is 13.6. The lowest BCUT2D eigenvalue weighted by molar-refractivity contribution is 0.113. The fourth-order valence-electron chi connectivity index (χ4n) is 4.51. The highest BCUT2D eigenvalue weighted by Gasteiger charge is 2.27. The number of rotatable bonds is 6. The molecule has 1 saturated heterocycles. The Kier molecular flexibility index (Phi) is 6.62. The summed E-state index contributed by atoms with van der Waals surface area (Å²) in [5.41, 5.74) is 3.70. The Morgan fingerprint density at radius 3 is 2.55 bits per heavy atom. The fourth-order valence-corrected chi connectivity index (χ4v) is 5.58. The largest absolute Gasteiger partial charge is 0.374 e. The standard InChI is InChI=1S/C23H31FN4O2S/c1-26-11-13-28(14-12-26)23(17-25-31(29,30)21-7-3-6-20(24)16-21)19-8-9-22-18(15-19)5-4-10-27(22)2/h3,6-9,15-16,23,25H,4-5,10-14,17H2,1-2H3/t23-/m1/s1. The molecule has 2 aromatic rings. The highest BCUT2D eigenvalue weighted by molar-refractivity contribution is 7.89. The van der Waals surface area contributed by atoms with Crippen molar-refractivity contribution in [2.75, 3.05) is 58.3 Å². The maximum atomic E-state index is 13.6. The van der Waals surface area contributed by atoms with Crippen molar-refractivity contribution in [1.82, 2.24) is 14.5 Å². The van der Waals surface area contributed by atoms with E-state index < -0.39 is 15.8 Å². The minimum absolute atomic E-state index is 0.0447. The average molecular weight is 447 g/mol. The number of aryl methyl sites for hydroxylation is 1. The summed E-state index contributed by atoms with van der Waals surface area (Å²) in [6.07, 6.45) is 2.16. The van der Waals surface area contributed by atoms with Gasteiger partial charge in [0, 0.05) is 58.0 Å². The molecule has 168 valence electrons. The Bertz CT molecular complexity index is 1020. The van der Waals surface area contributed by atoms with E-state index >= 15 is 0 Å². The van der Waals surface area contributed by atoms with Crippen LogP contribution in [0.25, 0.3) is 0 Å². The Hall–Kier alpha value is -2.00. The van der Waals surface area contributed by atoms with Crippen molar-refractivity contribution in [2.45, 2.75) is 23.8 Å². The van der Waals surface area contributed by atoms with Crippen molar-refractivity contribution in [3.8, 4) is 0 Å². The average Bonchev–Trinajstić information content (AvgIpc) is 2.75. The summed E-state index contributed by atoms with van der Waals surface area (Å²) in [5.74, 6) is -0.558. The number of halogens is 1. The molecule has 1 N–H and O–H groups in total. The predicted octanol–water partition coefficient (Wildman–Crippen LogP) is 2.48. The van der Waals surface area contributed by atoms with Gasteiger partial charge in [0.05, 0.1) is 4.90 Å². The van der Waals surface area contributed by atoms with Crippen LogP contribution in [0.1, 0.15) is 23.6 Å². The Balaban J connectivity index is 1.59. The number of anilines is 1. The summed E-state index contributed by atoms with van der Waals surface area (Å²) >= 11 is 0. The first-order valence-corrected chi connectivity index (χ1v) is 12.3. The van der Waals surface area contributed by atoms with E-state index in [0.29, 0.717) is 0 Å². The lowest BCUT2D eigenvalue weighted by atomic mass is 9.95. The smallest absolute Gasteiger partial charge is 0.240 e. The molecule has 8 heteroatoms. The highest BCUT2D eigenvalue weighted by atomic mass is 32.2. The highest BCUT2D eigenvalue weighted by Crippen LogP contribution is 2.31. The van der Waals surface area contributed by atoms with Gasteiger partial charge in [-0.15, -0.1) is 0 Å². The van der Waals surface area contributed by atoms with Gasteiger partial charge in [-0.05, 0) is 55.3 Å².